The van der Waals surface area contributed by atoms with E-state index in [1.54, 1.807) is 23.6 Å². The second kappa shape index (κ2) is 9.77. The Bertz CT molecular complexity index is 1310. The first-order chi connectivity index (χ1) is 14.7. The van der Waals surface area contributed by atoms with Crippen LogP contribution in [0.15, 0.2) is 57.2 Å². The fourth-order valence-electron chi connectivity index (χ4n) is 2.88. The van der Waals surface area contributed by atoms with Crippen LogP contribution in [0.25, 0.3) is 10.2 Å². The van der Waals surface area contributed by atoms with Gasteiger partial charge in [0.15, 0.2) is 4.80 Å². The van der Waals surface area contributed by atoms with Crippen molar-refractivity contribution < 1.29 is 22.7 Å². The van der Waals surface area contributed by atoms with Crippen molar-refractivity contribution in [2.45, 2.75) is 30.2 Å². The number of primary sulfonamides is 1. The van der Waals surface area contributed by atoms with Crippen LogP contribution < -0.4 is 9.94 Å². The predicted molar refractivity (Wildman–Crippen MR) is 121 cm³/mol. The van der Waals surface area contributed by atoms with Crippen LogP contribution in [0, 0.1) is 0 Å². The van der Waals surface area contributed by atoms with Crippen molar-refractivity contribution in [3.05, 3.63) is 52.8 Å². The Hall–Kier alpha value is -2.47. The highest BCUT2D eigenvalue weighted by molar-refractivity contribution is 7.99. The summed E-state index contributed by atoms with van der Waals surface area (Å²) in [4.78, 5) is 30.4. The number of hydrogen-bond acceptors (Lipinski definition) is 7. The molecule has 3 rings (SSSR count). The molecule has 0 radical (unpaired) electrons. The number of ether oxygens (including phenoxy) is 1. The molecule has 0 fully saturated rings. The standard InChI is InChI=1S/C20H21N3O5S3/c1-3-28-18(24)12-23-15-10-9-13(31(21,26)27)11-17(15)30-20(23)22-19(25)14-7-5-6-8-16(14)29-4-2/h5-11H,3-4,12H2,1-2H3,(H2,21,26,27). The molecule has 2 N–H and O–H groups in total. The molecule has 1 aromatic heterocycles. The fourth-order valence-corrected chi connectivity index (χ4v) is 5.35. The summed E-state index contributed by atoms with van der Waals surface area (Å²) in [5.74, 6) is -0.146. The maximum atomic E-state index is 13.0. The number of sulfonamides is 1. The summed E-state index contributed by atoms with van der Waals surface area (Å²) < 4.78 is 30.5. The molecule has 0 saturated heterocycles. The smallest absolute Gasteiger partial charge is 0.326 e. The third-order valence-corrected chi connectivity index (χ3v) is 7.10. The topological polar surface area (TPSA) is 121 Å². The van der Waals surface area contributed by atoms with Crippen LogP contribution in [0.2, 0.25) is 0 Å². The number of fused-ring (bicyclic) bond motifs is 1. The molecule has 31 heavy (non-hydrogen) atoms. The Kier molecular flexibility index (Phi) is 7.31. The van der Waals surface area contributed by atoms with E-state index in [0.717, 1.165) is 22.0 Å². The van der Waals surface area contributed by atoms with Crippen LogP contribution >= 0.6 is 23.1 Å². The molecule has 0 spiro atoms. The summed E-state index contributed by atoms with van der Waals surface area (Å²) in [6, 6.07) is 11.5. The number of aromatic nitrogens is 1. The van der Waals surface area contributed by atoms with Gasteiger partial charge in [0.2, 0.25) is 10.0 Å². The molecule has 11 heteroatoms. The molecule has 0 atom stereocenters. The fraction of sp³-hybridized carbons (Fsp3) is 0.250. The van der Waals surface area contributed by atoms with Gasteiger partial charge in [-0.05, 0) is 43.0 Å². The molecule has 1 amide bonds. The zero-order valence-corrected chi connectivity index (χ0v) is 19.4. The van der Waals surface area contributed by atoms with Crippen molar-refractivity contribution >= 4 is 55.2 Å². The summed E-state index contributed by atoms with van der Waals surface area (Å²) in [5.41, 5.74) is 1.01. The van der Waals surface area contributed by atoms with Crippen LogP contribution in [-0.2, 0) is 26.1 Å². The van der Waals surface area contributed by atoms with Gasteiger partial charge in [0.25, 0.3) is 5.91 Å². The number of rotatable bonds is 7. The largest absolute Gasteiger partial charge is 0.465 e. The van der Waals surface area contributed by atoms with E-state index in [1.807, 2.05) is 19.1 Å². The number of nitrogens with two attached hydrogens (primary N) is 1. The number of thioether (sulfide) groups is 1. The number of carbonyl (C=O) groups is 2. The van der Waals surface area contributed by atoms with E-state index in [-0.39, 0.29) is 22.8 Å². The van der Waals surface area contributed by atoms with Gasteiger partial charge in [-0.15, -0.1) is 11.8 Å². The molecule has 2 aromatic carbocycles. The Morgan fingerprint density at radius 1 is 1.19 bits per heavy atom. The summed E-state index contributed by atoms with van der Waals surface area (Å²) in [5, 5.41) is 5.23. The van der Waals surface area contributed by atoms with Crippen molar-refractivity contribution in [1.29, 1.82) is 0 Å². The van der Waals surface area contributed by atoms with Crippen molar-refractivity contribution in [3.8, 4) is 0 Å². The van der Waals surface area contributed by atoms with Gasteiger partial charge in [-0.25, -0.2) is 13.6 Å². The molecule has 3 aromatic rings. The monoisotopic (exact) mass is 479 g/mol. The van der Waals surface area contributed by atoms with Crippen molar-refractivity contribution in [1.82, 2.24) is 4.57 Å². The van der Waals surface area contributed by atoms with Gasteiger partial charge >= 0.3 is 5.97 Å². The lowest BCUT2D eigenvalue weighted by Crippen LogP contribution is -2.23. The van der Waals surface area contributed by atoms with Gasteiger partial charge in [0.05, 0.1) is 27.3 Å². The van der Waals surface area contributed by atoms with Gasteiger partial charge in [-0.1, -0.05) is 30.4 Å². The van der Waals surface area contributed by atoms with Crippen LogP contribution in [0.3, 0.4) is 0 Å². The Morgan fingerprint density at radius 2 is 1.94 bits per heavy atom. The number of thiazole rings is 1. The molecule has 0 aliphatic rings. The highest BCUT2D eigenvalue weighted by Gasteiger charge is 2.17. The summed E-state index contributed by atoms with van der Waals surface area (Å²) >= 11 is 2.63. The molecular weight excluding hydrogens is 458 g/mol. The Balaban J connectivity index is 2.17. The van der Waals surface area contributed by atoms with E-state index in [1.165, 1.54) is 30.0 Å². The molecule has 0 saturated carbocycles. The number of amides is 1. The molecule has 8 nitrogen and oxygen atoms in total. The number of esters is 1. The van der Waals surface area contributed by atoms with E-state index in [9.17, 15) is 18.0 Å². The Labute approximate surface area is 187 Å². The van der Waals surface area contributed by atoms with E-state index in [2.05, 4.69) is 4.99 Å². The lowest BCUT2D eigenvalue weighted by molar-refractivity contribution is -0.143. The van der Waals surface area contributed by atoms with Crippen LogP contribution in [0.5, 0.6) is 0 Å². The number of hydrogen-bond donors (Lipinski definition) is 1. The maximum Gasteiger partial charge on any atom is 0.326 e. The van der Waals surface area contributed by atoms with Crippen molar-refractivity contribution in [2.75, 3.05) is 12.4 Å². The number of benzene rings is 2. The first-order valence-electron chi connectivity index (χ1n) is 9.37. The normalized spacial score (nSPS) is 12.3. The second-order valence-electron chi connectivity index (χ2n) is 6.30. The van der Waals surface area contributed by atoms with E-state index in [4.69, 9.17) is 9.88 Å². The minimum atomic E-state index is -3.90. The zero-order valence-electron chi connectivity index (χ0n) is 16.9. The third kappa shape index (κ3) is 5.42. The first-order valence-corrected chi connectivity index (χ1v) is 12.7. The first kappa shape index (κ1) is 23.2. The summed E-state index contributed by atoms with van der Waals surface area (Å²) in [6.07, 6.45) is 0. The van der Waals surface area contributed by atoms with Gasteiger partial charge in [0, 0.05) is 4.90 Å². The summed E-state index contributed by atoms with van der Waals surface area (Å²) in [6.45, 7) is 3.74. The second-order valence-corrected chi connectivity index (χ2v) is 10.2. The average Bonchev–Trinajstić information content (AvgIpc) is 3.04. The molecule has 0 aliphatic heterocycles. The minimum Gasteiger partial charge on any atom is -0.465 e. The maximum absolute atomic E-state index is 13.0. The molecule has 0 bridgehead atoms. The van der Waals surface area contributed by atoms with Crippen LogP contribution in [0.4, 0.5) is 0 Å². The highest BCUT2D eigenvalue weighted by atomic mass is 32.2. The minimum absolute atomic E-state index is 0.0629. The molecule has 164 valence electrons. The lowest BCUT2D eigenvalue weighted by Gasteiger charge is -2.06. The van der Waals surface area contributed by atoms with Crippen molar-refractivity contribution in [3.63, 3.8) is 0 Å². The molecule has 0 unspecified atom stereocenters. The van der Waals surface area contributed by atoms with Crippen LogP contribution in [-0.4, -0.2) is 37.2 Å². The number of carbonyl (C=O) groups excluding carboxylic acids is 2. The third-order valence-electron chi connectivity index (χ3n) is 4.19. The lowest BCUT2D eigenvalue weighted by atomic mass is 10.2. The van der Waals surface area contributed by atoms with Gasteiger partial charge in [0.1, 0.15) is 6.54 Å². The zero-order chi connectivity index (χ0) is 22.6. The molecule has 1 heterocycles. The predicted octanol–water partition coefficient (Wildman–Crippen LogP) is 2.77. The van der Waals surface area contributed by atoms with E-state index < -0.39 is 21.9 Å². The van der Waals surface area contributed by atoms with E-state index >= 15 is 0 Å². The summed E-state index contributed by atoms with van der Waals surface area (Å²) in [7, 11) is -3.90. The average molecular weight is 480 g/mol. The van der Waals surface area contributed by atoms with Crippen molar-refractivity contribution in [2.24, 2.45) is 10.1 Å². The van der Waals surface area contributed by atoms with Crippen LogP contribution in [0.1, 0.15) is 24.2 Å². The van der Waals surface area contributed by atoms with E-state index in [0.29, 0.717) is 15.8 Å². The molecular formula is C20H21N3O5S3. The quantitative estimate of drug-likeness (QED) is 0.411. The SMILES string of the molecule is CCOC(=O)Cn1c(=NC(=O)c2ccccc2SCC)sc2cc(S(N)(=O)=O)ccc21. The Morgan fingerprint density at radius 3 is 2.61 bits per heavy atom. The highest BCUT2D eigenvalue weighted by Crippen LogP contribution is 2.24. The number of nitrogens with zero attached hydrogens (tertiary/aromatic N) is 2. The van der Waals surface area contributed by atoms with Gasteiger partial charge in [-0.2, -0.15) is 4.99 Å². The van der Waals surface area contributed by atoms with Gasteiger partial charge < -0.3 is 9.30 Å². The molecule has 0 aliphatic carbocycles. The van der Waals surface area contributed by atoms with Gasteiger partial charge in [-0.3, -0.25) is 9.59 Å².